The molecule has 0 saturated carbocycles. The summed E-state index contributed by atoms with van der Waals surface area (Å²) in [6.45, 7) is 1.95. The lowest BCUT2D eigenvalue weighted by Gasteiger charge is -2.37. The predicted octanol–water partition coefficient (Wildman–Crippen LogP) is 4.32. The number of piperidine rings is 1. The zero-order valence-electron chi connectivity index (χ0n) is 19.8. The van der Waals surface area contributed by atoms with Gasteiger partial charge in [0.1, 0.15) is 17.4 Å². The predicted molar refractivity (Wildman–Crippen MR) is 131 cm³/mol. The fourth-order valence-corrected chi connectivity index (χ4v) is 4.82. The maximum Gasteiger partial charge on any atom is 0.139 e. The number of aliphatic hydroxyl groups is 2. The molecule has 3 aromatic rings. The minimum atomic E-state index is -0.642. The Labute approximate surface area is 204 Å². The summed E-state index contributed by atoms with van der Waals surface area (Å²) in [5.74, 6) is 5.65. The fraction of sp³-hybridized carbons (Fsp3) is 0.393. The Morgan fingerprint density at radius 1 is 1.17 bits per heavy atom. The van der Waals surface area contributed by atoms with Gasteiger partial charge in [0, 0.05) is 24.7 Å². The van der Waals surface area contributed by atoms with E-state index in [-0.39, 0.29) is 24.0 Å². The van der Waals surface area contributed by atoms with Gasteiger partial charge in [-0.05, 0) is 85.7 Å². The van der Waals surface area contributed by atoms with Crippen molar-refractivity contribution >= 4 is 10.9 Å². The van der Waals surface area contributed by atoms with Crippen molar-refractivity contribution in [3.63, 3.8) is 0 Å². The Morgan fingerprint density at radius 2 is 2.03 bits per heavy atom. The van der Waals surface area contributed by atoms with E-state index in [2.05, 4.69) is 21.7 Å². The normalized spacial score (nSPS) is 19.2. The average Bonchev–Trinajstić information content (AvgIpc) is 2.88. The van der Waals surface area contributed by atoms with Crippen molar-refractivity contribution < 1.29 is 23.7 Å². The van der Waals surface area contributed by atoms with E-state index in [1.807, 2.05) is 24.3 Å². The van der Waals surface area contributed by atoms with E-state index in [0.29, 0.717) is 19.5 Å². The molecule has 2 N–H and O–H groups in total. The number of rotatable bonds is 7. The van der Waals surface area contributed by atoms with Crippen molar-refractivity contribution in [2.75, 3.05) is 33.4 Å². The minimum absolute atomic E-state index is 0.0498. The van der Waals surface area contributed by atoms with Gasteiger partial charge >= 0.3 is 0 Å². The first-order chi connectivity index (χ1) is 17.0. The van der Waals surface area contributed by atoms with Crippen molar-refractivity contribution in [2.45, 2.75) is 25.4 Å². The van der Waals surface area contributed by atoms with Crippen LogP contribution in [0.2, 0.25) is 0 Å². The summed E-state index contributed by atoms with van der Waals surface area (Å²) in [4.78, 5) is 6.51. The number of hydrogen-bond acceptors (Lipinski definition) is 5. The number of aliphatic hydroxyl groups excluding tert-OH is 2. The number of hydrogen-bond donors (Lipinski definition) is 2. The first-order valence-corrected chi connectivity index (χ1v) is 11.9. The summed E-state index contributed by atoms with van der Waals surface area (Å²) in [6.07, 6.45) is 3.31. The molecule has 0 radical (unpaired) electrons. The van der Waals surface area contributed by atoms with Crippen LogP contribution in [-0.4, -0.2) is 53.4 Å². The number of halogens is 2. The van der Waals surface area contributed by atoms with Gasteiger partial charge in [0.25, 0.3) is 0 Å². The molecule has 35 heavy (non-hydrogen) atoms. The van der Waals surface area contributed by atoms with Crippen molar-refractivity contribution in [1.29, 1.82) is 0 Å². The Bertz CT molecular complexity index is 1220. The molecule has 0 spiro atoms. The summed E-state index contributed by atoms with van der Waals surface area (Å²) in [7, 11) is 1.61. The van der Waals surface area contributed by atoms with E-state index in [0.717, 1.165) is 59.8 Å². The first kappa shape index (κ1) is 25.1. The molecular formula is C28H30F2N2O3. The van der Waals surface area contributed by atoms with E-state index < -0.39 is 17.7 Å². The molecule has 4 rings (SSSR count). The fourth-order valence-electron chi connectivity index (χ4n) is 4.82. The van der Waals surface area contributed by atoms with Gasteiger partial charge in [0.2, 0.25) is 0 Å². The van der Waals surface area contributed by atoms with Crippen LogP contribution < -0.4 is 4.74 Å². The highest BCUT2D eigenvalue weighted by Crippen LogP contribution is 2.33. The number of methoxy groups -OCH3 is 1. The lowest BCUT2D eigenvalue weighted by molar-refractivity contribution is 0.0640. The molecule has 0 bridgehead atoms. The summed E-state index contributed by atoms with van der Waals surface area (Å²) >= 11 is 0. The molecule has 7 heteroatoms. The molecule has 1 aliphatic rings. The summed E-state index contributed by atoms with van der Waals surface area (Å²) in [6, 6.07) is 10.7. The molecule has 2 heterocycles. The zero-order chi connectivity index (χ0) is 24.8. The Kier molecular flexibility index (Phi) is 8.29. The molecule has 0 amide bonds. The molecule has 0 aliphatic carbocycles. The van der Waals surface area contributed by atoms with Crippen LogP contribution in [0.5, 0.6) is 5.75 Å². The van der Waals surface area contributed by atoms with Gasteiger partial charge in [-0.25, -0.2) is 8.78 Å². The third-order valence-electron chi connectivity index (χ3n) is 6.82. The van der Waals surface area contributed by atoms with Crippen LogP contribution in [0.1, 0.15) is 36.5 Å². The van der Waals surface area contributed by atoms with Crippen molar-refractivity contribution in [3.05, 3.63) is 71.4 Å². The SMILES string of the molecule is COc1ccc2nccc(C(O)CC[C@@H]3CCN(CC#Cc4cc(F)ccc4F)C[C@@H]3CO)c2c1. The van der Waals surface area contributed by atoms with Gasteiger partial charge in [-0.1, -0.05) is 11.8 Å². The molecule has 1 aliphatic heterocycles. The summed E-state index contributed by atoms with van der Waals surface area (Å²) in [5, 5.41) is 21.8. The number of pyridine rings is 1. The van der Waals surface area contributed by atoms with Gasteiger partial charge in [-0.2, -0.15) is 0 Å². The van der Waals surface area contributed by atoms with E-state index in [1.54, 1.807) is 13.3 Å². The van der Waals surface area contributed by atoms with Crippen LogP contribution in [-0.2, 0) is 0 Å². The van der Waals surface area contributed by atoms with E-state index in [4.69, 9.17) is 4.74 Å². The van der Waals surface area contributed by atoms with Gasteiger partial charge in [-0.3, -0.25) is 9.88 Å². The Balaban J connectivity index is 1.35. The maximum atomic E-state index is 13.8. The molecule has 184 valence electrons. The Morgan fingerprint density at radius 3 is 2.83 bits per heavy atom. The highest BCUT2D eigenvalue weighted by Gasteiger charge is 2.29. The second-order valence-corrected chi connectivity index (χ2v) is 9.03. The quantitative estimate of drug-likeness (QED) is 0.493. The number of ether oxygens (including phenoxy) is 1. The Hall–Kier alpha value is -3.05. The van der Waals surface area contributed by atoms with Crippen molar-refractivity contribution in [2.24, 2.45) is 11.8 Å². The van der Waals surface area contributed by atoms with E-state index >= 15 is 0 Å². The topological polar surface area (TPSA) is 65.8 Å². The molecule has 2 aromatic carbocycles. The summed E-state index contributed by atoms with van der Waals surface area (Å²) < 4.78 is 32.4. The van der Waals surface area contributed by atoms with Crippen LogP contribution in [0.3, 0.4) is 0 Å². The van der Waals surface area contributed by atoms with Gasteiger partial charge in [0.05, 0.1) is 30.8 Å². The second-order valence-electron chi connectivity index (χ2n) is 9.03. The number of nitrogens with zero attached hydrogens (tertiary/aromatic N) is 2. The maximum absolute atomic E-state index is 13.8. The third-order valence-corrected chi connectivity index (χ3v) is 6.82. The lowest BCUT2D eigenvalue weighted by Crippen LogP contribution is -2.42. The molecule has 1 fully saturated rings. The summed E-state index contributed by atoms with van der Waals surface area (Å²) in [5.41, 5.74) is 1.68. The third kappa shape index (κ3) is 6.15. The van der Waals surface area contributed by atoms with Gasteiger partial charge in [0.15, 0.2) is 0 Å². The largest absolute Gasteiger partial charge is 0.497 e. The number of benzene rings is 2. The minimum Gasteiger partial charge on any atom is -0.497 e. The molecule has 1 saturated heterocycles. The van der Waals surface area contributed by atoms with Crippen molar-refractivity contribution in [3.8, 4) is 17.6 Å². The molecule has 5 nitrogen and oxygen atoms in total. The van der Waals surface area contributed by atoms with Gasteiger partial charge < -0.3 is 14.9 Å². The smallest absolute Gasteiger partial charge is 0.139 e. The highest BCUT2D eigenvalue weighted by molar-refractivity contribution is 5.83. The van der Waals surface area contributed by atoms with Crippen LogP contribution in [0.15, 0.2) is 48.7 Å². The monoisotopic (exact) mass is 480 g/mol. The van der Waals surface area contributed by atoms with Crippen LogP contribution in [0.4, 0.5) is 8.78 Å². The molecule has 3 atom stereocenters. The molecule has 1 unspecified atom stereocenters. The molecular weight excluding hydrogens is 450 g/mol. The van der Waals surface area contributed by atoms with Gasteiger partial charge in [-0.15, -0.1) is 0 Å². The second kappa shape index (κ2) is 11.6. The van der Waals surface area contributed by atoms with E-state index in [9.17, 15) is 19.0 Å². The average molecular weight is 481 g/mol. The first-order valence-electron chi connectivity index (χ1n) is 11.9. The standard InChI is InChI=1S/C28H30F2N2O3/c1-35-23-6-8-27-25(16-23)24(10-12-31-27)28(34)9-4-19-11-14-32(17-21(19)18-33)13-2-3-20-15-22(29)5-7-26(20)30/h5-8,10,12,15-16,19,21,28,33-34H,4,9,11,13-14,17-18H2,1H3/t19-,21-,28?/m1/s1. The number of fused-ring (bicyclic) bond motifs is 1. The van der Waals surface area contributed by atoms with Crippen LogP contribution in [0, 0.1) is 35.3 Å². The van der Waals surface area contributed by atoms with E-state index in [1.165, 1.54) is 0 Å². The number of likely N-dealkylation sites (tertiary alicyclic amines) is 1. The zero-order valence-corrected chi connectivity index (χ0v) is 19.8. The number of aromatic nitrogens is 1. The van der Waals surface area contributed by atoms with Crippen LogP contribution >= 0.6 is 0 Å². The molecule has 1 aromatic heterocycles. The highest BCUT2D eigenvalue weighted by atomic mass is 19.1. The van der Waals surface area contributed by atoms with Crippen molar-refractivity contribution in [1.82, 2.24) is 9.88 Å². The van der Waals surface area contributed by atoms with Crippen LogP contribution in [0.25, 0.3) is 10.9 Å². The lowest BCUT2D eigenvalue weighted by atomic mass is 9.81.